The van der Waals surface area contributed by atoms with Crippen LogP contribution < -0.4 is 0 Å². The van der Waals surface area contributed by atoms with Crippen LogP contribution in [0.3, 0.4) is 0 Å². The molecule has 18 heavy (non-hydrogen) atoms. The van der Waals surface area contributed by atoms with Gasteiger partial charge < -0.3 is 10.2 Å². The Bertz CT molecular complexity index is 397. The van der Waals surface area contributed by atoms with Gasteiger partial charge in [-0.3, -0.25) is 4.79 Å². The van der Waals surface area contributed by atoms with Gasteiger partial charge in [0.05, 0.1) is 12.2 Å². The number of aliphatic hydroxyl groups excluding tert-OH is 2. The van der Waals surface area contributed by atoms with Crippen LogP contribution >= 0.6 is 0 Å². The first-order valence-corrected chi connectivity index (χ1v) is 6.74. The third-order valence-corrected chi connectivity index (χ3v) is 4.98. The van der Waals surface area contributed by atoms with Crippen LogP contribution in [0.4, 0.5) is 0 Å². The maximum absolute atomic E-state index is 11.0. The molecule has 5 unspecified atom stereocenters. The van der Waals surface area contributed by atoms with E-state index in [4.69, 9.17) is 0 Å². The molecule has 0 aromatic rings. The fourth-order valence-electron chi connectivity index (χ4n) is 4.16. The van der Waals surface area contributed by atoms with Gasteiger partial charge >= 0.3 is 0 Å². The second kappa shape index (κ2) is 4.17. The molecule has 0 amide bonds. The molecule has 2 fully saturated rings. The van der Waals surface area contributed by atoms with Crippen LogP contribution in [0.25, 0.3) is 0 Å². The summed E-state index contributed by atoms with van der Waals surface area (Å²) < 4.78 is 0. The predicted molar refractivity (Wildman–Crippen MR) is 70.0 cm³/mol. The molecule has 0 aromatic heterocycles. The summed E-state index contributed by atoms with van der Waals surface area (Å²) in [4.78, 5) is 11.0. The minimum absolute atomic E-state index is 0.147. The fourth-order valence-corrected chi connectivity index (χ4v) is 4.16. The Morgan fingerprint density at radius 2 is 1.83 bits per heavy atom. The van der Waals surface area contributed by atoms with E-state index in [-0.39, 0.29) is 22.9 Å². The normalized spacial score (nSPS) is 50.9. The summed E-state index contributed by atoms with van der Waals surface area (Å²) >= 11 is 0. The van der Waals surface area contributed by atoms with Gasteiger partial charge in [0, 0.05) is 0 Å². The standard InChI is InChI=1S/C15H24O3/c1-9(8-16)13-12(18)7-15(13,4)10-5-14(2,3)6-11(10)17/h8,10-12,17-18H,5-7H2,1-4H3/i1+1,2+1,4+1,5+1,6+1,9+1,10+1,11+1,12+1,13+1,14+1,15+1. The largest absolute Gasteiger partial charge is 0.393 e. The molecule has 0 bridgehead atoms. The molecule has 0 aliphatic heterocycles. The van der Waals surface area contributed by atoms with E-state index in [0.717, 1.165) is 24.7 Å². The summed E-state index contributed by atoms with van der Waals surface area (Å²) in [5.41, 5.74) is 1.42. The highest BCUT2D eigenvalue weighted by Gasteiger charge is 2.56. The summed E-state index contributed by atoms with van der Waals surface area (Å²) in [6, 6.07) is 0. The smallest absolute Gasteiger partial charge is 0.145 e. The van der Waals surface area contributed by atoms with E-state index in [2.05, 4.69) is 20.8 Å². The summed E-state index contributed by atoms with van der Waals surface area (Å²) in [6.07, 6.45) is 2.40. The van der Waals surface area contributed by atoms with Crippen LogP contribution in [0.2, 0.25) is 0 Å². The Kier molecular flexibility index (Phi) is 3.19. The van der Waals surface area contributed by atoms with Crippen LogP contribution in [-0.2, 0) is 4.79 Å². The van der Waals surface area contributed by atoms with E-state index in [1.165, 1.54) is 0 Å². The average Bonchev–Trinajstić information content (AvgIpc) is 2.51. The molecule has 102 valence electrons. The molecule has 5 atom stereocenters. The quantitative estimate of drug-likeness (QED) is 0.456. The molecule has 0 spiro atoms. The van der Waals surface area contributed by atoms with Crippen LogP contribution in [0.5, 0.6) is 0 Å². The molecule has 0 radical (unpaired) electrons. The van der Waals surface area contributed by atoms with Gasteiger partial charge in [-0.1, -0.05) is 20.8 Å². The molecule has 0 heterocycles. The molecule has 2 saturated carbocycles. The lowest BCUT2D eigenvalue weighted by Crippen LogP contribution is -2.50. The van der Waals surface area contributed by atoms with Crippen molar-refractivity contribution in [1.82, 2.24) is 0 Å². The van der Waals surface area contributed by atoms with Gasteiger partial charge in [-0.15, -0.1) is 0 Å². The van der Waals surface area contributed by atoms with Crippen molar-refractivity contribution in [2.24, 2.45) is 16.7 Å². The second-order valence-electron chi connectivity index (χ2n) is 7.10. The van der Waals surface area contributed by atoms with Crippen LogP contribution in [-0.4, -0.2) is 28.7 Å². The first-order chi connectivity index (χ1) is 8.21. The second-order valence-corrected chi connectivity index (χ2v) is 7.10. The lowest BCUT2D eigenvalue weighted by molar-refractivity contribution is -0.105. The zero-order valence-electron chi connectivity index (χ0n) is 11.7. The van der Waals surface area contributed by atoms with Crippen molar-refractivity contribution < 1.29 is 15.0 Å². The molecule has 2 aliphatic carbocycles. The number of carbonyl (C=O) groups excluding carboxylic acids is 1. The number of rotatable bonds is 2. The Morgan fingerprint density at radius 1 is 1.22 bits per heavy atom. The van der Waals surface area contributed by atoms with Crippen LogP contribution in [0.1, 0.15) is 47.0 Å². The lowest BCUT2D eigenvalue weighted by atomic mass is 10.3. The number of hydrogen-bond acceptors (Lipinski definition) is 3. The van der Waals surface area contributed by atoms with E-state index in [1.807, 2.05) is 0 Å². The minimum atomic E-state index is -0.504. The van der Waals surface area contributed by atoms with Crippen molar-refractivity contribution in [3.05, 3.63) is 11.1 Å². The summed E-state index contributed by atoms with van der Waals surface area (Å²) in [5, 5.41) is 20.2. The molecule has 3 heteroatoms. The number of aldehydes is 1. The van der Waals surface area contributed by atoms with E-state index in [9.17, 15) is 15.0 Å². The summed E-state index contributed by atoms with van der Waals surface area (Å²) in [7, 11) is 0. The summed E-state index contributed by atoms with van der Waals surface area (Å²) in [5.74, 6) is 0.154. The van der Waals surface area contributed by atoms with Gasteiger partial charge in [0.15, 0.2) is 0 Å². The zero-order valence-corrected chi connectivity index (χ0v) is 11.7. The van der Waals surface area contributed by atoms with Crippen LogP contribution in [0, 0.1) is 16.7 Å². The van der Waals surface area contributed by atoms with Gasteiger partial charge in [-0.25, -0.2) is 0 Å². The van der Waals surface area contributed by atoms with Gasteiger partial charge in [-0.05, 0) is 54.1 Å². The van der Waals surface area contributed by atoms with Crippen molar-refractivity contribution in [1.29, 1.82) is 0 Å². The monoisotopic (exact) mass is 264 g/mol. The predicted octanol–water partition coefficient (Wildman–Crippen LogP) is 2.07. The Balaban J connectivity index is 2.31. The molecular weight excluding hydrogens is 240 g/mol. The third-order valence-electron chi connectivity index (χ3n) is 4.98. The van der Waals surface area contributed by atoms with Crippen molar-refractivity contribution in [2.75, 3.05) is 0 Å². The molecule has 2 rings (SSSR count). The highest BCUT2D eigenvalue weighted by atomic mass is 16.4. The van der Waals surface area contributed by atoms with Gasteiger partial charge in [0.25, 0.3) is 0 Å². The topological polar surface area (TPSA) is 57.5 Å². The van der Waals surface area contributed by atoms with E-state index in [0.29, 0.717) is 12.0 Å². The van der Waals surface area contributed by atoms with E-state index >= 15 is 0 Å². The van der Waals surface area contributed by atoms with Crippen molar-refractivity contribution in [2.45, 2.75) is 59.2 Å². The number of hydrogen-bond donors (Lipinski definition) is 2. The molecule has 2 aliphatic rings. The molecule has 2 N–H and O–H groups in total. The molecular formula is C15H24O3. The minimum Gasteiger partial charge on any atom is -0.393 e. The number of carbonyl (C=O) groups is 1. The SMILES string of the molecule is C[13C]1([13CH3])[13CH2][13CH](O)[13CH]([13C]2([13CH3])C[13CH](O)[13C]2=[13C]([13CH3])C=O)[13CH2]1. The Morgan fingerprint density at radius 3 is 2.22 bits per heavy atom. The van der Waals surface area contributed by atoms with Crippen molar-refractivity contribution >= 4 is 6.29 Å². The molecule has 0 saturated heterocycles. The van der Waals surface area contributed by atoms with Crippen molar-refractivity contribution in [3.63, 3.8) is 0 Å². The van der Waals surface area contributed by atoms with Crippen molar-refractivity contribution in [3.8, 4) is 0 Å². The Labute approximate surface area is 109 Å². The third kappa shape index (κ3) is 1.94. The number of aliphatic hydroxyl groups is 2. The maximum Gasteiger partial charge on any atom is 0.145 e. The average molecular weight is 264 g/mol. The van der Waals surface area contributed by atoms with E-state index < -0.39 is 6.10 Å². The van der Waals surface area contributed by atoms with Gasteiger partial charge in [0.1, 0.15) is 6.29 Å². The Hall–Kier alpha value is -0.670. The van der Waals surface area contributed by atoms with Crippen LogP contribution in [0.15, 0.2) is 11.1 Å². The van der Waals surface area contributed by atoms with E-state index in [1.54, 1.807) is 6.92 Å². The lowest BCUT2D eigenvalue weighted by Gasteiger charge is -2.51. The fraction of sp³-hybridized carbons (Fsp3) is 0.800. The maximum atomic E-state index is 11.0. The number of allylic oxidation sites excluding steroid dienone is 1. The zero-order chi connectivity index (χ0) is 13.7. The van der Waals surface area contributed by atoms with Gasteiger partial charge in [-0.2, -0.15) is 0 Å². The summed E-state index contributed by atoms with van der Waals surface area (Å²) in [6.45, 7) is 8.18. The van der Waals surface area contributed by atoms with Gasteiger partial charge in [0.2, 0.25) is 0 Å². The molecule has 0 aromatic carbocycles. The first-order valence-electron chi connectivity index (χ1n) is 6.74. The highest BCUT2D eigenvalue weighted by Crippen LogP contribution is 2.59. The first kappa shape index (κ1) is 13.8. The molecule has 3 nitrogen and oxygen atoms in total. The highest BCUT2D eigenvalue weighted by molar-refractivity contribution is 5.75.